The molecular weight excluding hydrogens is 801 g/mol. The summed E-state index contributed by atoms with van der Waals surface area (Å²) in [5.41, 5.74) is 5.55. The number of hydrogen-bond acceptors (Lipinski definition) is 7. The molecule has 0 saturated carbocycles. The molecule has 0 atom stereocenters. The van der Waals surface area contributed by atoms with Gasteiger partial charge in [0.05, 0.1) is 11.4 Å². The van der Waals surface area contributed by atoms with Crippen molar-refractivity contribution in [2.45, 2.75) is 13.1 Å². The van der Waals surface area contributed by atoms with Crippen LogP contribution in [0.2, 0.25) is 0 Å². The SMILES string of the molecule is O=C(Oc1ccc(C(=O)c2ccccc2/C=C/Cn2cccc2C(=O)c2ccccc2)cc1)Oc1ccc(C(=O)c2ccccc2/C=C/Cn2cccc2C(=O)c2ccccc2)cc1. The first-order chi connectivity index (χ1) is 31.3. The van der Waals surface area contributed by atoms with Crippen LogP contribution in [0.4, 0.5) is 4.79 Å². The Labute approximate surface area is 369 Å². The molecule has 0 bridgehead atoms. The van der Waals surface area contributed by atoms with Crippen molar-refractivity contribution in [2.75, 3.05) is 0 Å². The van der Waals surface area contributed by atoms with Crippen molar-refractivity contribution in [1.29, 1.82) is 0 Å². The summed E-state index contributed by atoms with van der Waals surface area (Å²) in [4.78, 5) is 66.1. The number of aromatic nitrogens is 2. The highest BCUT2D eigenvalue weighted by Crippen LogP contribution is 2.23. The zero-order valence-electron chi connectivity index (χ0n) is 34.5. The van der Waals surface area contributed by atoms with Crippen LogP contribution in [0.5, 0.6) is 11.5 Å². The van der Waals surface area contributed by atoms with E-state index >= 15 is 0 Å². The maximum atomic E-state index is 13.6. The lowest BCUT2D eigenvalue weighted by Gasteiger charge is -2.09. The van der Waals surface area contributed by atoms with E-state index in [1.54, 1.807) is 84.9 Å². The van der Waals surface area contributed by atoms with Crippen LogP contribution in [0.3, 0.4) is 0 Å². The van der Waals surface area contributed by atoms with E-state index in [2.05, 4.69) is 0 Å². The van der Waals surface area contributed by atoms with Gasteiger partial charge in [-0.2, -0.15) is 0 Å². The third-order valence-corrected chi connectivity index (χ3v) is 10.4. The number of carbonyl (C=O) groups is 5. The normalized spacial score (nSPS) is 11.1. The van der Waals surface area contributed by atoms with Crippen molar-refractivity contribution < 1.29 is 33.4 Å². The zero-order chi connectivity index (χ0) is 44.3. The number of rotatable bonds is 16. The van der Waals surface area contributed by atoms with Gasteiger partial charge in [-0.25, -0.2) is 4.79 Å². The van der Waals surface area contributed by atoms with Gasteiger partial charge in [-0.15, -0.1) is 0 Å². The van der Waals surface area contributed by atoms with Gasteiger partial charge in [0.1, 0.15) is 11.5 Å². The first-order valence-electron chi connectivity index (χ1n) is 20.5. The molecule has 0 unspecified atom stereocenters. The molecule has 0 amide bonds. The minimum atomic E-state index is -0.989. The summed E-state index contributed by atoms with van der Waals surface area (Å²) < 4.78 is 14.5. The Balaban J connectivity index is 0.852. The molecule has 0 aliphatic rings. The second-order valence-corrected chi connectivity index (χ2v) is 14.6. The van der Waals surface area contributed by atoms with Gasteiger partial charge in [0.25, 0.3) is 0 Å². The molecule has 9 heteroatoms. The molecule has 8 rings (SSSR count). The second-order valence-electron chi connectivity index (χ2n) is 14.6. The number of ketones is 4. The Kier molecular flexibility index (Phi) is 13.0. The topological polar surface area (TPSA) is 114 Å². The van der Waals surface area contributed by atoms with Crippen molar-refractivity contribution in [2.24, 2.45) is 0 Å². The van der Waals surface area contributed by atoms with E-state index in [-0.39, 0.29) is 34.6 Å². The number of allylic oxidation sites excluding steroid dienone is 2. The van der Waals surface area contributed by atoms with Crippen LogP contribution < -0.4 is 9.47 Å². The maximum Gasteiger partial charge on any atom is 0.519 e. The van der Waals surface area contributed by atoms with E-state index in [0.29, 0.717) is 69.0 Å². The number of benzene rings is 6. The van der Waals surface area contributed by atoms with Crippen LogP contribution in [0, 0.1) is 0 Å². The van der Waals surface area contributed by atoms with Gasteiger partial charge in [-0.3, -0.25) is 19.2 Å². The zero-order valence-corrected chi connectivity index (χ0v) is 34.5. The molecule has 9 nitrogen and oxygen atoms in total. The summed E-state index contributed by atoms with van der Waals surface area (Å²) in [7, 11) is 0. The van der Waals surface area contributed by atoms with Crippen LogP contribution in [-0.4, -0.2) is 38.4 Å². The van der Waals surface area contributed by atoms with Gasteiger partial charge in [0.2, 0.25) is 11.6 Å². The van der Waals surface area contributed by atoms with E-state index in [1.807, 2.05) is 119 Å². The monoisotopic (exact) mass is 840 g/mol. The summed E-state index contributed by atoms with van der Waals surface area (Å²) in [5, 5.41) is 0. The van der Waals surface area contributed by atoms with Crippen LogP contribution in [-0.2, 0) is 13.1 Å². The van der Waals surface area contributed by atoms with Gasteiger partial charge < -0.3 is 18.6 Å². The van der Waals surface area contributed by atoms with E-state index in [0.717, 1.165) is 0 Å². The average molecular weight is 841 g/mol. The van der Waals surface area contributed by atoms with Crippen LogP contribution in [0.1, 0.15) is 75.1 Å². The van der Waals surface area contributed by atoms with Gasteiger partial charge in [0, 0.05) is 58.9 Å². The van der Waals surface area contributed by atoms with E-state index in [9.17, 15) is 24.0 Å². The lowest BCUT2D eigenvalue weighted by atomic mass is 9.98. The quantitative estimate of drug-likeness (QED) is 0.0541. The molecule has 2 heterocycles. The Hall–Kier alpha value is -8.69. The fourth-order valence-corrected chi connectivity index (χ4v) is 7.19. The Morgan fingerprint density at radius 1 is 0.375 bits per heavy atom. The molecule has 0 radical (unpaired) electrons. The second kappa shape index (κ2) is 19.8. The van der Waals surface area contributed by atoms with Crippen LogP contribution in [0.25, 0.3) is 12.2 Å². The average Bonchev–Trinajstić information content (AvgIpc) is 4.02. The molecule has 6 aromatic carbocycles. The van der Waals surface area contributed by atoms with Crippen molar-refractivity contribution in [3.8, 4) is 11.5 Å². The molecule has 312 valence electrons. The van der Waals surface area contributed by atoms with Crippen molar-refractivity contribution in [3.63, 3.8) is 0 Å². The van der Waals surface area contributed by atoms with Crippen LogP contribution >= 0.6 is 0 Å². The molecule has 2 aromatic heterocycles. The summed E-state index contributed by atoms with van der Waals surface area (Å²) in [6, 6.07) is 52.3. The minimum Gasteiger partial charge on any atom is -0.395 e. The predicted molar refractivity (Wildman–Crippen MR) is 246 cm³/mol. The van der Waals surface area contributed by atoms with Crippen LogP contribution in [0.15, 0.2) is 207 Å². The Morgan fingerprint density at radius 3 is 1.14 bits per heavy atom. The highest BCUT2D eigenvalue weighted by atomic mass is 16.7. The Bertz CT molecular complexity index is 2810. The predicted octanol–water partition coefficient (Wildman–Crippen LogP) is 11.2. The molecule has 0 N–H and O–H groups in total. The van der Waals surface area contributed by atoms with Crippen molar-refractivity contribution in [3.05, 3.63) is 262 Å². The fourth-order valence-electron chi connectivity index (χ4n) is 7.19. The third-order valence-electron chi connectivity index (χ3n) is 10.4. The molecule has 0 saturated heterocycles. The van der Waals surface area contributed by atoms with E-state index in [1.165, 1.54) is 24.3 Å². The molecule has 0 spiro atoms. The summed E-state index contributed by atoms with van der Waals surface area (Å²) in [6.45, 7) is 0.860. The molecule has 0 fully saturated rings. The minimum absolute atomic E-state index is 0.0686. The lowest BCUT2D eigenvalue weighted by Crippen LogP contribution is -2.14. The number of nitrogens with zero attached hydrogens (tertiary/aromatic N) is 2. The molecule has 8 aromatic rings. The molecular formula is C55H40N2O7. The smallest absolute Gasteiger partial charge is 0.395 e. The highest BCUT2D eigenvalue weighted by Gasteiger charge is 2.17. The van der Waals surface area contributed by atoms with Gasteiger partial charge in [-0.05, 0) is 83.9 Å². The van der Waals surface area contributed by atoms with Gasteiger partial charge in [0.15, 0.2) is 11.6 Å². The number of carbonyl (C=O) groups excluding carboxylic acids is 5. The highest BCUT2D eigenvalue weighted by molar-refractivity contribution is 6.12. The molecule has 0 aliphatic heterocycles. The van der Waals surface area contributed by atoms with Gasteiger partial charge >= 0.3 is 6.16 Å². The Morgan fingerprint density at radius 2 is 0.734 bits per heavy atom. The van der Waals surface area contributed by atoms with E-state index in [4.69, 9.17) is 9.47 Å². The summed E-state index contributed by atoms with van der Waals surface area (Å²) >= 11 is 0. The largest absolute Gasteiger partial charge is 0.519 e. The third kappa shape index (κ3) is 9.91. The maximum absolute atomic E-state index is 13.6. The standard InChI is InChI=1S/C55H40N2O7/c58-51(47-23-9-7-15-39(47)21-11-35-56-37-13-25-49(56)53(60)41-17-3-1-4-18-41)43-27-31-45(32-28-43)63-55(62)64-46-33-29-44(30-34-46)52(59)48-24-10-8-16-40(48)22-12-36-57-38-14-26-50(57)54(61)42-19-5-2-6-20-42/h1-34,37-38H,35-36H2/b21-11+,22-12+. The number of ether oxygens (including phenoxy) is 2. The van der Waals surface area contributed by atoms with Crippen molar-refractivity contribution >= 4 is 41.4 Å². The van der Waals surface area contributed by atoms with E-state index < -0.39 is 6.16 Å². The summed E-state index contributed by atoms with van der Waals surface area (Å²) in [6.07, 6.45) is 10.2. The lowest BCUT2D eigenvalue weighted by molar-refractivity contribution is 0.102. The molecule has 0 aliphatic carbocycles. The first-order valence-corrected chi connectivity index (χ1v) is 20.5. The molecule has 64 heavy (non-hydrogen) atoms. The van der Waals surface area contributed by atoms with Crippen molar-refractivity contribution in [1.82, 2.24) is 9.13 Å². The first kappa shape index (κ1) is 42.0. The number of hydrogen-bond donors (Lipinski definition) is 0. The fraction of sp³-hybridized carbons (Fsp3) is 0.0364. The summed E-state index contributed by atoms with van der Waals surface area (Å²) in [5.74, 6) is -0.219. The van der Waals surface area contributed by atoms with Gasteiger partial charge in [-0.1, -0.05) is 133 Å².